The third-order valence-electron chi connectivity index (χ3n) is 2.97. The quantitative estimate of drug-likeness (QED) is 0.820. The van der Waals surface area contributed by atoms with Crippen LogP contribution in [-0.4, -0.2) is 30.5 Å². The molecule has 2 atom stereocenters. The van der Waals surface area contributed by atoms with Crippen molar-refractivity contribution < 1.29 is 9.84 Å². The van der Waals surface area contributed by atoms with Gasteiger partial charge in [0.2, 0.25) is 0 Å². The minimum atomic E-state index is -0.403. The van der Waals surface area contributed by atoms with E-state index in [1.165, 1.54) is 5.56 Å². The van der Waals surface area contributed by atoms with Gasteiger partial charge in [-0.05, 0) is 17.5 Å². The van der Waals surface area contributed by atoms with Gasteiger partial charge in [-0.2, -0.15) is 0 Å². The minimum absolute atomic E-state index is 0.0138. The van der Waals surface area contributed by atoms with Gasteiger partial charge in [0.1, 0.15) is 0 Å². The molecule has 1 heterocycles. The second kappa shape index (κ2) is 4.85. The Bertz CT molecular complexity index is 352. The molecule has 0 bridgehead atoms. The summed E-state index contributed by atoms with van der Waals surface area (Å²) in [6.07, 6.45) is -0.403. The first-order valence-electron chi connectivity index (χ1n) is 5.79. The van der Waals surface area contributed by atoms with Crippen LogP contribution >= 0.6 is 0 Å². The van der Waals surface area contributed by atoms with E-state index in [1.807, 2.05) is 12.1 Å². The third kappa shape index (κ3) is 2.36. The molecule has 1 aromatic rings. The Morgan fingerprint density at radius 1 is 1.31 bits per heavy atom. The van der Waals surface area contributed by atoms with E-state index in [9.17, 15) is 5.11 Å². The molecule has 1 saturated heterocycles. The summed E-state index contributed by atoms with van der Waals surface area (Å²) in [6, 6.07) is 8.24. The lowest BCUT2D eigenvalue weighted by Crippen LogP contribution is -2.32. The largest absolute Gasteiger partial charge is 0.388 e. The van der Waals surface area contributed by atoms with Crippen LogP contribution < -0.4 is 5.32 Å². The van der Waals surface area contributed by atoms with Gasteiger partial charge in [0.05, 0.1) is 25.4 Å². The first-order chi connectivity index (χ1) is 7.68. The van der Waals surface area contributed by atoms with Gasteiger partial charge in [-0.3, -0.25) is 0 Å². The maximum Gasteiger partial charge on any atom is 0.0996 e. The third-order valence-corrected chi connectivity index (χ3v) is 2.97. The Balaban J connectivity index is 2.14. The number of aliphatic hydroxyl groups excluding tert-OH is 1. The summed E-state index contributed by atoms with van der Waals surface area (Å²) in [5.41, 5.74) is 2.38. The molecular formula is C13H19NO2. The molecular weight excluding hydrogens is 202 g/mol. The summed E-state index contributed by atoms with van der Waals surface area (Å²) < 4.78 is 5.23. The number of hydrogen-bond acceptors (Lipinski definition) is 3. The monoisotopic (exact) mass is 221 g/mol. The van der Waals surface area contributed by atoms with Crippen LogP contribution in [0, 0.1) is 0 Å². The van der Waals surface area contributed by atoms with Crippen molar-refractivity contribution in [3.05, 3.63) is 29.8 Å². The minimum Gasteiger partial charge on any atom is -0.388 e. The van der Waals surface area contributed by atoms with Gasteiger partial charge >= 0.3 is 0 Å². The standard InChI is InChI=1S/C13H19NO2/c1-9(2)10-5-3-4-6-11(10)14-12-7-16-8-13(12)15/h3-6,9,12-15H,7-8H2,1-2H3. The van der Waals surface area contributed by atoms with Crippen LogP contribution in [0.15, 0.2) is 24.3 Å². The molecule has 0 saturated carbocycles. The summed E-state index contributed by atoms with van der Waals surface area (Å²) in [6.45, 7) is 5.35. The molecule has 16 heavy (non-hydrogen) atoms. The molecule has 3 nitrogen and oxygen atoms in total. The van der Waals surface area contributed by atoms with E-state index in [0.29, 0.717) is 19.1 Å². The SMILES string of the molecule is CC(C)c1ccccc1NC1COCC1O. The normalized spacial score (nSPS) is 25.0. The van der Waals surface area contributed by atoms with E-state index in [-0.39, 0.29) is 6.04 Å². The Kier molecular flexibility index (Phi) is 3.46. The van der Waals surface area contributed by atoms with Gasteiger partial charge in [-0.25, -0.2) is 0 Å². The Labute approximate surface area is 96.4 Å². The van der Waals surface area contributed by atoms with Gasteiger partial charge in [-0.1, -0.05) is 32.0 Å². The fraction of sp³-hybridized carbons (Fsp3) is 0.538. The molecule has 0 radical (unpaired) electrons. The molecule has 2 unspecified atom stereocenters. The highest BCUT2D eigenvalue weighted by Crippen LogP contribution is 2.25. The van der Waals surface area contributed by atoms with Crippen molar-refractivity contribution in [3.63, 3.8) is 0 Å². The van der Waals surface area contributed by atoms with E-state index in [2.05, 4.69) is 31.3 Å². The molecule has 0 spiro atoms. The van der Waals surface area contributed by atoms with E-state index in [1.54, 1.807) is 0 Å². The lowest BCUT2D eigenvalue weighted by molar-refractivity contribution is 0.125. The van der Waals surface area contributed by atoms with Crippen LogP contribution in [-0.2, 0) is 4.74 Å². The first-order valence-corrected chi connectivity index (χ1v) is 5.79. The van der Waals surface area contributed by atoms with Gasteiger partial charge in [0.15, 0.2) is 0 Å². The number of para-hydroxylation sites is 1. The Morgan fingerprint density at radius 2 is 2.06 bits per heavy atom. The van der Waals surface area contributed by atoms with Crippen molar-refractivity contribution in [2.24, 2.45) is 0 Å². The maximum atomic E-state index is 9.69. The highest BCUT2D eigenvalue weighted by molar-refractivity contribution is 5.53. The summed E-state index contributed by atoms with van der Waals surface area (Å²) in [5.74, 6) is 0.475. The molecule has 1 aromatic carbocycles. The summed E-state index contributed by atoms with van der Waals surface area (Å²) in [7, 11) is 0. The van der Waals surface area contributed by atoms with Crippen LogP contribution in [0.1, 0.15) is 25.3 Å². The molecule has 88 valence electrons. The lowest BCUT2D eigenvalue weighted by atomic mass is 10.0. The molecule has 2 rings (SSSR count). The number of aliphatic hydroxyl groups is 1. The highest BCUT2D eigenvalue weighted by Gasteiger charge is 2.26. The van der Waals surface area contributed by atoms with Gasteiger partial charge in [-0.15, -0.1) is 0 Å². The van der Waals surface area contributed by atoms with Gasteiger partial charge in [0, 0.05) is 5.69 Å². The molecule has 2 N–H and O–H groups in total. The molecule has 0 amide bonds. The van der Waals surface area contributed by atoms with Crippen LogP contribution in [0.25, 0.3) is 0 Å². The fourth-order valence-corrected chi connectivity index (χ4v) is 2.01. The fourth-order valence-electron chi connectivity index (χ4n) is 2.01. The van der Waals surface area contributed by atoms with Crippen molar-refractivity contribution in [3.8, 4) is 0 Å². The van der Waals surface area contributed by atoms with Gasteiger partial charge in [0.25, 0.3) is 0 Å². The number of rotatable bonds is 3. The summed E-state index contributed by atoms with van der Waals surface area (Å²) >= 11 is 0. The smallest absolute Gasteiger partial charge is 0.0996 e. The molecule has 1 aliphatic rings. The summed E-state index contributed by atoms with van der Waals surface area (Å²) in [5, 5.41) is 13.1. The summed E-state index contributed by atoms with van der Waals surface area (Å²) in [4.78, 5) is 0. The highest BCUT2D eigenvalue weighted by atomic mass is 16.5. The zero-order valence-electron chi connectivity index (χ0n) is 9.81. The predicted molar refractivity (Wildman–Crippen MR) is 64.8 cm³/mol. The average molecular weight is 221 g/mol. The van der Waals surface area contributed by atoms with Crippen molar-refractivity contribution in [1.29, 1.82) is 0 Å². The second-order valence-electron chi connectivity index (χ2n) is 4.60. The first kappa shape index (κ1) is 11.4. The van der Waals surface area contributed by atoms with E-state index in [0.717, 1.165) is 5.69 Å². The van der Waals surface area contributed by atoms with E-state index in [4.69, 9.17) is 4.74 Å². The Hall–Kier alpha value is -1.06. The van der Waals surface area contributed by atoms with Crippen LogP contribution in [0.3, 0.4) is 0 Å². The number of hydrogen-bond donors (Lipinski definition) is 2. The average Bonchev–Trinajstić information content (AvgIpc) is 2.65. The maximum absolute atomic E-state index is 9.69. The molecule has 0 aliphatic carbocycles. The molecule has 0 aromatic heterocycles. The number of benzene rings is 1. The number of ether oxygens (including phenoxy) is 1. The van der Waals surface area contributed by atoms with Crippen molar-refractivity contribution in [2.75, 3.05) is 18.5 Å². The topological polar surface area (TPSA) is 41.5 Å². The molecule has 1 fully saturated rings. The van der Waals surface area contributed by atoms with E-state index < -0.39 is 6.10 Å². The van der Waals surface area contributed by atoms with Crippen LogP contribution in [0.4, 0.5) is 5.69 Å². The van der Waals surface area contributed by atoms with Crippen LogP contribution in [0.2, 0.25) is 0 Å². The zero-order valence-corrected chi connectivity index (χ0v) is 9.81. The second-order valence-corrected chi connectivity index (χ2v) is 4.60. The van der Waals surface area contributed by atoms with Crippen LogP contribution in [0.5, 0.6) is 0 Å². The molecule has 3 heteroatoms. The number of nitrogens with one attached hydrogen (secondary N) is 1. The van der Waals surface area contributed by atoms with Crippen molar-refractivity contribution >= 4 is 5.69 Å². The van der Waals surface area contributed by atoms with Crippen molar-refractivity contribution in [2.45, 2.75) is 31.9 Å². The van der Waals surface area contributed by atoms with Gasteiger partial charge < -0.3 is 15.2 Å². The lowest BCUT2D eigenvalue weighted by Gasteiger charge is -2.20. The van der Waals surface area contributed by atoms with Crippen molar-refractivity contribution in [1.82, 2.24) is 0 Å². The number of anilines is 1. The molecule has 1 aliphatic heterocycles. The predicted octanol–water partition coefficient (Wildman–Crippen LogP) is 1.98. The Morgan fingerprint density at radius 3 is 2.69 bits per heavy atom. The van der Waals surface area contributed by atoms with E-state index >= 15 is 0 Å². The zero-order chi connectivity index (χ0) is 11.5.